The Morgan fingerprint density at radius 3 is 1.80 bits per heavy atom. The zero-order valence-corrected chi connectivity index (χ0v) is 34.4. The molecule has 3 radical (unpaired) electrons. The average molecular weight is 1130 g/mol. The van der Waals surface area contributed by atoms with Gasteiger partial charge < -0.3 is 24.8 Å². The Labute approximate surface area is 311 Å². The van der Waals surface area contributed by atoms with Crippen LogP contribution in [-0.4, -0.2) is 54.6 Å². The molecule has 8 atom stereocenters. The Bertz CT molecular complexity index is 1040. The van der Waals surface area contributed by atoms with Crippen molar-refractivity contribution < 1.29 is 161 Å². The Hall–Kier alpha value is 1.85. The van der Waals surface area contributed by atoms with E-state index in [1.54, 1.807) is 20.8 Å². The quantitative estimate of drug-likeness (QED) is 0.316. The van der Waals surface area contributed by atoms with E-state index in [0.29, 0.717) is 19.0 Å². The van der Waals surface area contributed by atoms with Gasteiger partial charge in [-0.2, -0.15) is 4.39 Å². The van der Waals surface area contributed by atoms with Crippen LogP contribution in [0.2, 0.25) is 0 Å². The first-order chi connectivity index (χ1) is 14.9. The van der Waals surface area contributed by atoms with Crippen LogP contribution in [0.1, 0.15) is 46.8 Å². The van der Waals surface area contributed by atoms with Crippen LogP contribution in [-0.2, 0) is 9.47 Å². The predicted octanol–water partition coefficient (Wildman–Crippen LogP) is 0.0975. The van der Waals surface area contributed by atoms with E-state index in [1.165, 1.54) is 0 Å². The van der Waals surface area contributed by atoms with Crippen LogP contribution in [0.25, 0.3) is 0 Å². The van der Waals surface area contributed by atoms with Gasteiger partial charge in [0.05, 0.1) is 6.20 Å². The maximum atomic E-state index is 13.3. The molecule has 2 aliphatic rings. The van der Waals surface area contributed by atoms with Crippen LogP contribution >= 0.6 is 0 Å². The molecule has 0 aliphatic carbocycles. The number of ether oxygens (including phenoxy) is 2. The van der Waals surface area contributed by atoms with Crippen molar-refractivity contribution in [2.75, 3.05) is 0 Å². The van der Waals surface area contributed by atoms with Crippen molar-refractivity contribution in [3.8, 4) is 24.7 Å². The number of hydrogen-bond donors (Lipinski definition) is 4. The number of H-pyrrole nitrogens is 1. The Kier molecular flexibility index (Phi) is 18.1. The number of aliphatic hydroxyl groups is 3. The molecule has 185 valence electrons. The number of aliphatic hydroxyl groups excluding tert-OH is 3. The maximum Gasteiger partial charge on any atom is 0.330 e. The van der Waals surface area contributed by atoms with Crippen molar-refractivity contribution in [1.82, 2.24) is 9.55 Å². The standard InChI is InChI=1S/C13H15FN2O4.C9H14O3.3Ac/c1-4-13(5-2)7(3)9(17)11(20-13)16-6-8(14)10(18)15-12(16)19;1-4-9(5-2)6(3)7(10)8(11)12-9;;;/h1,6-7,9,11,17H,5H2,2-3H3,(H,15,18,19);1,6-8,10-11H,5H2,2-3H3;;;/t7?,9?,11-,13-;6?,7?,8?,9-;;;/m11.../s1. The van der Waals surface area contributed by atoms with Gasteiger partial charge in [0.2, 0.25) is 5.82 Å². The van der Waals surface area contributed by atoms with E-state index in [1.807, 2.05) is 11.9 Å². The molecule has 13 heteroatoms. The van der Waals surface area contributed by atoms with Crippen LogP contribution in [0.3, 0.4) is 0 Å². The zero-order chi connectivity index (χ0) is 24.4. The summed E-state index contributed by atoms with van der Waals surface area (Å²) in [4.78, 5) is 24.5. The molecule has 1 aromatic rings. The van der Waals surface area contributed by atoms with Gasteiger partial charge in [-0.25, -0.2) is 4.79 Å². The van der Waals surface area contributed by atoms with Gasteiger partial charge in [0, 0.05) is 144 Å². The summed E-state index contributed by atoms with van der Waals surface area (Å²) < 4.78 is 24.9. The molecule has 0 spiro atoms. The first kappa shape index (κ1) is 39.0. The molecule has 5 unspecified atom stereocenters. The SMILES string of the molecule is C#C[C@]1(CC)OC(O)C(O)C1C.C#C[C@]1(CC)O[C@@H](n2cc(F)c(=O)[nH]c2=O)C(O)C1C.[Ac].[Ac].[Ac]. The molecule has 4 N–H and O–H groups in total. The first-order valence-electron chi connectivity index (χ1n) is 10.3. The Balaban J connectivity index is 0. The molecule has 0 bridgehead atoms. The molecule has 2 saturated heterocycles. The first-order valence-corrected chi connectivity index (χ1v) is 10.3. The summed E-state index contributed by atoms with van der Waals surface area (Å²) >= 11 is 0. The smallest absolute Gasteiger partial charge is 0.330 e. The monoisotopic (exact) mass is 1130 g/mol. The molecular weight excluding hydrogens is 1100 g/mol. The van der Waals surface area contributed by atoms with Gasteiger partial charge in [-0.05, 0) is 12.8 Å². The second kappa shape index (κ2) is 16.2. The van der Waals surface area contributed by atoms with Gasteiger partial charge in [0.15, 0.2) is 12.5 Å². The summed E-state index contributed by atoms with van der Waals surface area (Å²) in [7, 11) is 0. The number of rotatable bonds is 3. The van der Waals surface area contributed by atoms with Crippen molar-refractivity contribution in [2.45, 2.75) is 76.5 Å². The molecule has 1 aromatic heterocycles. The predicted molar refractivity (Wildman–Crippen MR) is 113 cm³/mol. The fourth-order valence-corrected chi connectivity index (χ4v) is 4.05. The fraction of sp³-hybridized carbons (Fsp3) is 0.636. The molecule has 3 heterocycles. The largest absolute Gasteiger partial charge is 0.388 e. The van der Waals surface area contributed by atoms with Crippen LogP contribution in [0.4, 0.5) is 4.39 Å². The van der Waals surface area contributed by atoms with Crippen molar-refractivity contribution in [2.24, 2.45) is 11.8 Å². The van der Waals surface area contributed by atoms with E-state index >= 15 is 0 Å². The number of nitrogens with one attached hydrogen (secondary N) is 1. The maximum absolute atomic E-state index is 13.3. The van der Waals surface area contributed by atoms with E-state index in [2.05, 4.69) is 11.8 Å². The van der Waals surface area contributed by atoms with Crippen LogP contribution in [0.5, 0.6) is 0 Å². The van der Waals surface area contributed by atoms with Crippen molar-refractivity contribution in [1.29, 1.82) is 0 Å². The van der Waals surface area contributed by atoms with Crippen LogP contribution < -0.4 is 11.2 Å². The minimum Gasteiger partial charge on any atom is -0.388 e. The second-order valence-corrected chi connectivity index (χ2v) is 7.99. The molecule has 0 saturated carbocycles. The molecule has 9 nitrogen and oxygen atoms in total. The number of aromatic nitrogens is 2. The third-order valence-electron chi connectivity index (χ3n) is 6.48. The topological polar surface area (TPSA) is 134 Å². The minimum atomic E-state index is -1.14. The zero-order valence-electron chi connectivity index (χ0n) is 20.1. The Morgan fingerprint density at radius 1 is 1.00 bits per heavy atom. The van der Waals surface area contributed by atoms with E-state index in [-0.39, 0.29) is 138 Å². The third kappa shape index (κ3) is 7.96. The third-order valence-corrected chi connectivity index (χ3v) is 6.48. The fourth-order valence-electron chi connectivity index (χ4n) is 4.05. The van der Waals surface area contributed by atoms with Gasteiger partial charge in [-0.15, -0.1) is 12.8 Å². The van der Waals surface area contributed by atoms with Gasteiger partial charge in [0.1, 0.15) is 23.4 Å². The van der Waals surface area contributed by atoms with Crippen molar-refractivity contribution >= 4 is 0 Å². The van der Waals surface area contributed by atoms with Crippen molar-refractivity contribution in [3.63, 3.8) is 0 Å². The average Bonchev–Trinajstić information content (AvgIpc) is 3.17. The summed E-state index contributed by atoms with van der Waals surface area (Å²) in [6.45, 7) is 7.15. The van der Waals surface area contributed by atoms with Gasteiger partial charge in [0.25, 0.3) is 5.56 Å². The minimum absolute atomic E-state index is 0. The van der Waals surface area contributed by atoms with Crippen molar-refractivity contribution in [3.05, 3.63) is 32.9 Å². The number of terminal acetylenes is 2. The van der Waals surface area contributed by atoms with Gasteiger partial charge >= 0.3 is 5.69 Å². The van der Waals surface area contributed by atoms with Crippen LogP contribution in [0, 0.1) is 175 Å². The summed E-state index contributed by atoms with van der Waals surface area (Å²) in [6.07, 6.45) is 8.25. The second-order valence-electron chi connectivity index (χ2n) is 7.99. The number of nitrogens with zero attached hydrogens (tertiary/aromatic N) is 1. The van der Waals surface area contributed by atoms with Gasteiger partial charge in [-0.1, -0.05) is 39.5 Å². The van der Waals surface area contributed by atoms with Crippen LogP contribution in [0.15, 0.2) is 15.8 Å². The number of hydrogen-bond acceptors (Lipinski definition) is 7. The molecule has 3 rings (SSSR count). The summed E-state index contributed by atoms with van der Waals surface area (Å²) in [6, 6.07) is 0. The van der Waals surface area contributed by atoms with E-state index in [0.717, 1.165) is 4.57 Å². The van der Waals surface area contributed by atoms with E-state index < -0.39 is 58.9 Å². The molecule has 35 heavy (non-hydrogen) atoms. The molecular formula is C22H29Ac3FN2O7. The van der Waals surface area contributed by atoms with E-state index in [4.69, 9.17) is 22.3 Å². The summed E-state index contributed by atoms with van der Waals surface area (Å²) in [5.41, 5.74) is -3.81. The molecule has 0 amide bonds. The Morgan fingerprint density at radius 2 is 1.46 bits per heavy atom. The molecule has 2 aliphatic heterocycles. The van der Waals surface area contributed by atoms with Gasteiger partial charge in [-0.3, -0.25) is 14.3 Å². The number of aromatic amines is 1. The molecule has 0 aromatic carbocycles. The van der Waals surface area contributed by atoms with E-state index in [9.17, 15) is 29.3 Å². The summed E-state index contributed by atoms with van der Waals surface area (Å²) in [5.74, 6) is 3.19. The summed E-state index contributed by atoms with van der Waals surface area (Å²) in [5, 5.41) is 28.8. The normalized spacial score (nSPS) is 35.1. The molecule has 2 fully saturated rings. The number of halogens is 1.